The van der Waals surface area contributed by atoms with Crippen LogP contribution in [0.3, 0.4) is 0 Å². The molecule has 0 unspecified atom stereocenters. The molecule has 2 N–H and O–H groups in total. The van der Waals surface area contributed by atoms with Crippen LogP contribution >= 0.6 is 11.6 Å². The van der Waals surface area contributed by atoms with Gasteiger partial charge >= 0.3 is 0 Å². The van der Waals surface area contributed by atoms with E-state index in [0.717, 1.165) is 48.1 Å². The van der Waals surface area contributed by atoms with Crippen LogP contribution in [0.4, 0.5) is 5.69 Å². The fourth-order valence-electron chi connectivity index (χ4n) is 3.76. The summed E-state index contributed by atoms with van der Waals surface area (Å²) in [6.07, 6.45) is 1.63. The Morgan fingerprint density at radius 1 is 0.812 bits per heavy atom. The molecular weight excluding hydrogens is 442 g/mol. The SMILES string of the molecule is NS(=O)(=O)c1ccc(CCN(CCc2ccccc2)c2cc(Cl)nc3ccccc23)cc1. The maximum absolute atomic E-state index is 11.5. The van der Waals surface area contributed by atoms with Crippen molar-refractivity contribution in [2.45, 2.75) is 17.7 Å². The molecule has 0 aliphatic heterocycles. The number of anilines is 1. The molecule has 0 aliphatic rings. The quantitative estimate of drug-likeness (QED) is 0.378. The number of primary sulfonamides is 1. The molecule has 3 aromatic carbocycles. The van der Waals surface area contributed by atoms with Crippen molar-refractivity contribution in [1.29, 1.82) is 0 Å². The molecule has 0 radical (unpaired) electrons. The minimum absolute atomic E-state index is 0.120. The molecule has 0 bridgehead atoms. The van der Waals surface area contributed by atoms with Gasteiger partial charge in [-0.1, -0.05) is 72.3 Å². The molecule has 1 aromatic heterocycles. The highest BCUT2D eigenvalue weighted by molar-refractivity contribution is 7.89. The molecule has 5 nitrogen and oxygen atoms in total. The highest BCUT2D eigenvalue weighted by atomic mass is 35.5. The Morgan fingerprint density at radius 2 is 1.41 bits per heavy atom. The second-order valence-corrected chi connectivity index (χ2v) is 9.59. The lowest BCUT2D eigenvalue weighted by molar-refractivity contribution is 0.598. The lowest BCUT2D eigenvalue weighted by Crippen LogP contribution is -2.28. The third-order valence-electron chi connectivity index (χ3n) is 5.44. The van der Waals surface area contributed by atoms with Gasteiger partial charge in [0.15, 0.2) is 0 Å². The van der Waals surface area contributed by atoms with E-state index in [1.54, 1.807) is 12.1 Å². The number of pyridine rings is 1. The fourth-order valence-corrected chi connectivity index (χ4v) is 4.47. The van der Waals surface area contributed by atoms with Crippen LogP contribution in [-0.2, 0) is 22.9 Å². The topological polar surface area (TPSA) is 76.3 Å². The van der Waals surface area contributed by atoms with Crippen LogP contribution in [0.25, 0.3) is 10.9 Å². The van der Waals surface area contributed by atoms with Gasteiger partial charge in [-0.25, -0.2) is 18.5 Å². The Balaban J connectivity index is 1.61. The van der Waals surface area contributed by atoms with Gasteiger partial charge in [0, 0.05) is 24.2 Å². The van der Waals surface area contributed by atoms with Crippen LogP contribution in [0.2, 0.25) is 5.15 Å². The van der Waals surface area contributed by atoms with Crippen molar-refractivity contribution in [2.75, 3.05) is 18.0 Å². The number of benzene rings is 3. The molecule has 1 heterocycles. The number of hydrogen-bond acceptors (Lipinski definition) is 4. The number of fused-ring (bicyclic) bond motifs is 1. The number of halogens is 1. The van der Waals surface area contributed by atoms with Crippen LogP contribution in [0.1, 0.15) is 11.1 Å². The summed E-state index contributed by atoms with van der Waals surface area (Å²) in [7, 11) is -3.69. The van der Waals surface area contributed by atoms with Crippen LogP contribution in [0.5, 0.6) is 0 Å². The predicted molar refractivity (Wildman–Crippen MR) is 131 cm³/mol. The second kappa shape index (κ2) is 9.69. The maximum Gasteiger partial charge on any atom is 0.238 e. The number of aromatic nitrogens is 1. The highest BCUT2D eigenvalue weighted by Gasteiger charge is 2.14. The first-order valence-electron chi connectivity index (χ1n) is 10.4. The van der Waals surface area contributed by atoms with Crippen LogP contribution in [0.15, 0.2) is 89.8 Å². The lowest BCUT2D eigenvalue weighted by atomic mass is 10.1. The van der Waals surface area contributed by atoms with Crippen LogP contribution in [0, 0.1) is 0 Å². The molecule has 4 rings (SSSR count). The van der Waals surface area contributed by atoms with Gasteiger partial charge in [0.2, 0.25) is 10.0 Å². The van der Waals surface area contributed by atoms with Crippen molar-refractivity contribution in [3.63, 3.8) is 0 Å². The molecule has 0 spiro atoms. The summed E-state index contributed by atoms with van der Waals surface area (Å²) in [6, 6.07) is 27.0. The molecule has 164 valence electrons. The third kappa shape index (κ3) is 5.46. The molecule has 4 aromatic rings. The standard InChI is InChI=1S/C25H24ClN3O2S/c26-25-18-24(22-8-4-5-9-23(22)28-25)29(16-14-19-6-2-1-3-7-19)17-15-20-10-12-21(13-11-20)32(27,30)31/h1-13,18H,14-17H2,(H2,27,30,31). The van der Waals surface area contributed by atoms with Crippen molar-refractivity contribution in [2.24, 2.45) is 5.14 Å². The van der Waals surface area contributed by atoms with E-state index >= 15 is 0 Å². The van der Waals surface area contributed by atoms with Crippen molar-refractivity contribution in [3.05, 3.63) is 101 Å². The van der Waals surface area contributed by atoms with E-state index in [4.69, 9.17) is 16.7 Å². The Hall–Kier alpha value is -2.93. The first-order valence-corrected chi connectivity index (χ1v) is 12.3. The third-order valence-corrected chi connectivity index (χ3v) is 6.56. The monoisotopic (exact) mass is 465 g/mol. The first-order chi connectivity index (χ1) is 15.4. The smallest absolute Gasteiger partial charge is 0.238 e. The zero-order chi connectivity index (χ0) is 22.6. The minimum Gasteiger partial charge on any atom is -0.370 e. The number of nitrogens with zero attached hydrogens (tertiary/aromatic N) is 2. The van der Waals surface area contributed by atoms with Gasteiger partial charge in [0.25, 0.3) is 0 Å². The molecule has 7 heteroatoms. The predicted octanol–water partition coefficient (Wildman–Crippen LogP) is 4.83. The van der Waals surface area contributed by atoms with Crippen LogP contribution < -0.4 is 10.0 Å². The summed E-state index contributed by atoms with van der Waals surface area (Å²) >= 11 is 6.36. The van der Waals surface area contributed by atoms with Crippen molar-refractivity contribution >= 4 is 38.2 Å². The summed E-state index contributed by atoms with van der Waals surface area (Å²) in [4.78, 5) is 6.89. The normalized spacial score (nSPS) is 11.6. The van der Waals surface area contributed by atoms with Gasteiger partial charge in [-0.15, -0.1) is 0 Å². The van der Waals surface area contributed by atoms with Gasteiger partial charge in [-0.05, 0) is 48.2 Å². The lowest BCUT2D eigenvalue weighted by Gasteiger charge is -2.26. The van der Waals surface area contributed by atoms with Crippen molar-refractivity contribution in [1.82, 2.24) is 4.98 Å². The number of nitrogens with two attached hydrogens (primary N) is 1. The van der Waals surface area contributed by atoms with E-state index < -0.39 is 10.0 Å². The molecule has 0 atom stereocenters. The zero-order valence-electron chi connectivity index (χ0n) is 17.5. The first kappa shape index (κ1) is 22.3. The summed E-state index contributed by atoms with van der Waals surface area (Å²) < 4.78 is 23.0. The molecule has 0 aliphatic carbocycles. The van der Waals surface area contributed by atoms with E-state index in [1.807, 2.05) is 54.6 Å². The van der Waals surface area contributed by atoms with E-state index in [0.29, 0.717) is 5.15 Å². The van der Waals surface area contributed by atoms with Gasteiger partial charge in [0.1, 0.15) is 5.15 Å². The zero-order valence-corrected chi connectivity index (χ0v) is 19.1. The Morgan fingerprint density at radius 3 is 2.06 bits per heavy atom. The number of rotatable bonds is 8. The van der Waals surface area contributed by atoms with E-state index in [-0.39, 0.29) is 4.90 Å². The second-order valence-electron chi connectivity index (χ2n) is 7.64. The van der Waals surface area contributed by atoms with Gasteiger partial charge < -0.3 is 4.90 Å². The van der Waals surface area contributed by atoms with Crippen LogP contribution in [-0.4, -0.2) is 26.5 Å². The van der Waals surface area contributed by atoms with Gasteiger partial charge in [-0.3, -0.25) is 0 Å². The summed E-state index contributed by atoms with van der Waals surface area (Å²) in [5, 5.41) is 6.72. The number of para-hydroxylation sites is 1. The highest BCUT2D eigenvalue weighted by Crippen LogP contribution is 2.29. The van der Waals surface area contributed by atoms with E-state index in [1.165, 1.54) is 5.56 Å². The molecule has 0 saturated heterocycles. The molecule has 0 fully saturated rings. The number of sulfonamides is 1. The summed E-state index contributed by atoms with van der Waals surface area (Å²) in [5.41, 5.74) is 4.20. The Bertz CT molecular complexity index is 1310. The maximum atomic E-state index is 11.5. The molecule has 0 saturated carbocycles. The largest absolute Gasteiger partial charge is 0.370 e. The van der Waals surface area contributed by atoms with E-state index in [9.17, 15) is 8.42 Å². The molecular formula is C25H24ClN3O2S. The summed E-state index contributed by atoms with van der Waals surface area (Å²) in [5.74, 6) is 0. The average Bonchev–Trinajstić information content (AvgIpc) is 2.79. The fraction of sp³-hybridized carbons (Fsp3) is 0.160. The average molecular weight is 466 g/mol. The summed E-state index contributed by atoms with van der Waals surface area (Å²) in [6.45, 7) is 1.55. The molecule has 32 heavy (non-hydrogen) atoms. The Kier molecular flexibility index (Phi) is 6.74. The van der Waals surface area contributed by atoms with Gasteiger partial charge in [-0.2, -0.15) is 0 Å². The van der Waals surface area contributed by atoms with Crippen molar-refractivity contribution in [3.8, 4) is 0 Å². The Labute approximate surface area is 193 Å². The van der Waals surface area contributed by atoms with Gasteiger partial charge in [0.05, 0.1) is 10.4 Å². The number of hydrogen-bond donors (Lipinski definition) is 1. The van der Waals surface area contributed by atoms with Crippen molar-refractivity contribution < 1.29 is 8.42 Å². The molecule has 0 amide bonds. The minimum atomic E-state index is -3.69. The van der Waals surface area contributed by atoms with E-state index in [2.05, 4.69) is 28.1 Å².